The second-order valence-corrected chi connectivity index (χ2v) is 8.44. The zero-order chi connectivity index (χ0) is 17.6. The highest BCUT2D eigenvalue weighted by molar-refractivity contribution is 5.69. The van der Waals surface area contributed by atoms with Crippen molar-refractivity contribution in [1.82, 2.24) is 0 Å². The number of halogens is 3. The van der Waals surface area contributed by atoms with Crippen LogP contribution in [0.5, 0.6) is 0 Å². The summed E-state index contributed by atoms with van der Waals surface area (Å²) in [5, 5.41) is 0. The van der Waals surface area contributed by atoms with Gasteiger partial charge in [0, 0.05) is 0 Å². The summed E-state index contributed by atoms with van der Waals surface area (Å²) >= 11 is 0. The van der Waals surface area contributed by atoms with E-state index < -0.39 is 17.5 Å². The monoisotopic (exact) mass is 348 g/mol. The van der Waals surface area contributed by atoms with Gasteiger partial charge < -0.3 is 0 Å². The molecule has 0 aromatic heterocycles. The summed E-state index contributed by atoms with van der Waals surface area (Å²) < 4.78 is 40.8. The third-order valence-corrected chi connectivity index (χ3v) is 6.98. The van der Waals surface area contributed by atoms with Gasteiger partial charge in [0.25, 0.3) is 0 Å². The van der Waals surface area contributed by atoms with Gasteiger partial charge >= 0.3 is 0 Å². The molecule has 3 aliphatic carbocycles. The topological polar surface area (TPSA) is 0 Å². The fourth-order valence-corrected chi connectivity index (χ4v) is 5.20. The zero-order valence-electron chi connectivity index (χ0n) is 15.0. The highest BCUT2D eigenvalue weighted by Crippen LogP contribution is 2.48. The summed E-state index contributed by atoms with van der Waals surface area (Å²) in [5.74, 6) is 0.0534. The molecule has 0 amide bonds. The Hall–Kier alpha value is -1.25. The van der Waals surface area contributed by atoms with Crippen LogP contribution in [0.4, 0.5) is 13.2 Å². The minimum absolute atomic E-state index is 0.230. The van der Waals surface area contributed by atoms with Crippen LogP contribution >= 0.6 is 0 Å². The molecule has 1 unspecified atom stereocenters. The van der Waals surface area contributed by atoms with Crippen LogP contribution in [-0.2, 0) is 0 Å². The summed E-state index contributed by atoms with van der Waals surface area (Å²) in [6.45, 7) is 1.54. The average Bonchev–Trinajstić information content (AvgIpc) is 3.49. The van der Waals surface area contributed by atoms with Crippen molar-refractivity contribution in [3.05, 3.63) is 40.7 Å². The van der Waals surface area contributed by atoms with Gasteiger partial charge in [0.1, 0.15) is 0 Å². The molecule has 0 N–H and O–H groups in total. The summed E-state index contributed by atoms with van der Waals surface area (Å²) in [7, 11) is 0. The quantitative estimate of drug-likeness (QED) is 0.526. The van der Waals surface area contributed by atoms with E-state index in [-0.39, 0.29) is 5.56 Å². The van der Waals surface area contributed by atoms with Gasteiger partial charge in [-0.15, -0.1) is 0 Å². The molecule has 136 valence electrons. The molecule has 25 heavy (non-hydrogen) atoms. The minimum Gasteiger partial charge on any atom is -0.204 e. The van der Waals surface area contributed by atoms with E-state index in [9.17, 15) is 13.2 Å². The highest BCUT2D eigenvalue weighted by Gasteiger charge is 2.36. The Morgan fingerprint density at radius 3 is 1.84 bits per heavy atom. The van der Waals surface area contributed by atoms with Crippen LogP contribution < -0.4 is 0 Å². The molecule has 4 rings (SSSR count). The molecule has 0 spiro atoms. The summed E-state index contributed by atoms with van der Waals surface area (Å²) in [6, 6.07) is 1.17. The molecule has 2 fully saturated rings. The molecule has 0 aliphatic heterocycles. The van der Waals surface area contributed by atoms with Crippen LogP contribution in [0.1, 0.15) is 68.9 Å². The predicted octanol–water partition coefficient (Wildman–Crippen LogP) is 6.81. The average molecular weight is 348 g/mol. The van der Waals surface area contributed by atoms with Crippen LogP contribution in [0.3, 0.4) is 0 Å². The number of benzene rings is 1. The smallest absolute Gasteiger partial charge is 0.194 e. The van der Waals surface area contributed by atoms with Gasteiger partial charge in [0.15, 0.2) is 17.5 Å². The second kappa shape index (κ2) is 6.81. The molecular formula is C22H27F3. The Labute approximate surface area is 148 Å². The first-order chi connectivity index (χ1) is 12.0. The second-order valence-electron chi connectivity index (χ2n) is 8.44. The third kappa shape index (κ3) is 3.39. The van der Waals surface area contributed by atoms with Gasteiger partial charge in [-0.25, -0.2) is 13.2 Å². The molecule has 0 radical (unpaired) electrons. The molecule has 0 nitrogen and oxygen atoms in total. The SMILES string of the molecule is Cc1c(C2=CCC(C3CCC(C4CC4)CC3)CC2)cc(F)c(F)c1F. The van der Waals surface area contributed by atoms with Crippen LogP contribution in [0.2, 0.25) is 0 Å². The fourth-order valence-electron chi connectivity index (χ4n) is 5.20. The molecule has 0 heterocycles. The Bertz CT molecular complexity index is 679. The Balaban J connectivity index is 1.42. The Kier molecular flexibility index (Phi) is 4.68. The Morgan fingerprint density at radius 2 is 1.32 bits per heavy atom. The van der Waals surface area contributed by atoms with E-state index in [0.29, 0.717) is 11.5 Å². The van der Waals surface area contributed by atoms with Crippen molar-refractivity contribution in [3.8, 4) is 0 Å². The fraction of sp³-hybridized carbons (Fsp3) is 0.636. The molecule has 1 aromatic rings. The third-order valence-electron chi connectivity index (χ3n) is 6.98. The van der Waals surface area contributed by atoms with Gasteiger partial charge in [-0.1, -0.05) is 6.08 Å². The lowest BCUT2D eigenvalue weighted by atomic mass is 9.70. The molecule has 3 heteroatoms. The number of allylic oxidation sites excluding steroid dienone is 2. The van der Waals surface area contributed by atoms with Crippen LogP contribution in [0.25, 0.3) is 5.57 Å². The lowest BCUT2D eigenvalue weighted by Gasteiger charge is -2.35. The lowest BCUT2D eigenvalue weighted by Crippen LogP contribution is -2.24. The molecule has 0 bridgehead atoms. The molecule has 0 saturated heterocycles. The largest absolute Gasteiger partial charge is 0.204 e. The number of rotatable bonds is 3. The summed E-state index contributed by atoms with van der Waals surface area (Å²) in [6.07, 6.45) is 13.5. The van der Waals surface area contributed by atoms with E-state index >= 15 is 0 Å². The minimum atomic E-state index is -1.36. The summed E-state index contributed by atoms with van der Waals surface area (Å²) in [4.78, 5) is 0. The maximum atomic E-state index is 13.8. The standard InChI is InChI=1S/C22H27F3/c1-13-19(12-20(23)22(25)21(13)24)18-10-8-17(9-11-18)16-6-4-15(5-7-16)14-2-3-14/h10,12,14-17H,2-9,11H2,1H3. The van der Waals surface area contributed by atoms with Crippen molar-refractivity contribution >= 4 is 5.57 Å². The molecule has 1 atom stereocenters. The van der Waals surface area contributed by atoms with Gasteiger partial charge in [0.05, 0.1) is 0 Å². The van der Waals surface area contributed by atoms with Gasteiger partial charge in [-0.2, -0.15) is 0 Å². The first kappa shape index (κ1) is 17.2. The Morgan fingerprint density at radius 1 is 0.760 bits per heavy atom. The lowest BCUT2D eigenvalue weighted by molar-refractivity contribution is 0.183. The molecule has 3 aliphatic rings. The van der Waals surface area contributed by atoms with Crippen LogP contribution in [0.15, 0.2) is 12.1 Å². The van der Waals surface area contributed by atoms with Gasteiger partial charge in [-0.05, 0) is 111 Å². The maximum Gasteiger partial charge on any atom is 0.194 e. The van der Waals surface area contributed by atoms with Crippen LogP contribution in [-0.4, -0.2) is 0 Å². The van der Waals surface area contributed by atoms with E-state index in [1.54, 1.807) is 6.92 Å². The first-order valence-electron chi connectivity index (χ1n) is 9.88. The van der Waals surface area contributed by atoms with E-state index in [1.165, 1.54) is 44.6 Å². The number of hydrogen-bond acceptors (Lipinski definition) is 0. The maximum absolute atomic E-state index is 13.8. The zero-order valence-corrected chi connectivity index (χ0v) is 15.0. The van der Waals surface area contributed by atoms with E-state index in [0.717, 1.165) is 42.6 Å². The van der Waals surface area contributed by atoms with Crippen molar-refractivity contribution in [2.24, 2.45) is 23.7 Å². The molecule has 2 saturated carbocycles. The van der Waals surface area contributed by atoms with Crippen molar-refractivity contribution in [1.29, 1.82) is 0 Å². The van der Waals surface area contributed by atoms with Crippen molar-refractivity contribution in [2.75, 3.05) is 0 Å². The first-order valence-corrected chi connectivity index (χ1v) is 9.88. The predicted molar refractivity (Wildman–Crippen MR) is 94.5 cm³/mol. The van der Waals surface area contributed by atoms with E-state index in [2.05, 4.69) is 6.08 Å². The van der Waals surface area contributed by atoms with Gasteiger partial charge in [-0.3, -0.25) is 0 Å². The number of hydrogen-bond donors (Lipinski definition) is 0. The van der Waals surface area contributed by atoms with Crippen molar-refractivity contribution in [2.45, 2.75) is 64.7 Å². The van der Waals surface area contributed by atoms with E-state index in [4.69, 9.17) is 0 Å². The van der Waals surface area contributed by atoms with E-state index in [1.807, 2.05) is 0 Å². The van der Waals surface area contributed by atoms with Crippen LogP contribution in [0, 0.1) is 48.0 Å². The van der Waals surface area contributed by atoms with Crippen molar-refractivity contribution < 1.29 is 13.2 Å². The molecule has 1 aromatic carbocycles. The molecular weight excluding hydrogens is 321 g/mol. The highest BCUT2D eigenvalue weighted by atomic mass is 19.2. The summed E-state index contributed by atoms with van der Waals surface area (Å²) in [5.41, 5.74) is 1.76. The normalized spacial score (nSPS) is 30.2. The van der Waals surface area contributed by atoms with Gasteiger partial charge in [0.2, 0.25) is 0 Å². The van der Waals surface area contributed by atoms with Crippen molar-refractivity contribution in [3.63, 3.8) is 0 Å².